The first-order chi connectivity index (χ1) is 7.36. The van der Waals surface area contributed by atoms with Gasteiger partial charge in [0.05, 0.1) is 0 Å². The lowest BCUT2D eigenvalue weighted by Crippen LogP contribution is -1.88. The van der Waals surface area contributed by atoms with Gasteiger partial charge >= 0.3 is 0 Å². The van der Waals surface area contributed by atoms with E-state index in [-0.39, 0.29) is 0 Å². The van der Waals surface area contributed by atoms with Crippen LogP contribution in [-0.2, 0) is 0 Å². The highest BCUT2D eigenvalue weighted by molar-refractivity contribution is 7.71. The summed E-state index contributed by atoms with van der Waals surface area (Å²) in [5.41, 5.74) is 0.786. The fourth-order valence-corrected chi connectivity index (χ4v) is 1.99. The van der Waals surface area contributed by atoms with Crippen LogP contribution < -0.4 is 0 Å². The van der Waals surface area contributed by atoms with Gasteiger partial charge in [-0.15, -0.1) is 0 Å². The van der Waals surface area contributed by atoms with Crippen molar-refractivity contribution in [2.24, 2.45) is 0 Å². The van der Waals surface area contributed by atoms with Crippen LogP contribution in [0.2, 0.25) is 0 Å². The Morgan fingerprint density at radius 3 is 2.73 bits per heavy atom. The molecule has 15 heavy (non-hydrogen) atoms. The van der Waals surface area contributed by atoms with E-state index in [4.69, 9.17) is 12.2 Å². The highest BCUT2D eigenvalue weighted by Gasteiger charge is 2.02. The van der Waals surface area contributed by atoms with E-state index < -0.39 is 0 Å². The molecule has 1 aromatic carbocycles. The van der Waals surface area contributed by atoms with E-state index in [0.29, 0.717) is 0 Å². The molecule has 3 aromatic rings. The maximum Gasteiger partial charge on any atom is 0.142 e. The molecule has 2 aromatic heterocycles. The maximum atomic E-state index is 5.27. The SMILES string of the molecule is S=c1[nH]c2ncncc2c2ccccc12. The van der Waals surface area contributed by atoms with Crippen molar-refractivity contribution in [2.75, 3.05) is 0 Å². The number of aromatic amines is 1. The predicted octanol–water partition coefficient (Wildman–Crippen LogP) is 2.84. The lowest BCUT2D eigenvalue weighted by atomic mass is 10.1. The van der Waals surface area contributed by atoms with Crippen molar-refractivity contribution in [1.29, 1.82) is 0 Å². The summed E-state index contributed by atoms with van der Waals surface area (Å²) in [5.74, 6) is 0. The second-order valence-corrected chi connectivity index (χ2v) is 3.69. The Labute approximate surface area is 90.8 Å². The van der Waals surface area contributed by atoms with Crippen molar-refractivity contribution in [3.63, 3.8) is 0 Å². The van der Waals surface area contributed by atoms with Gasteiger partial charge in [0, 0.05) is 17.0 Å². The molecule has 1 N–H and O–H groups in total. The number of H-pyrrole nitrogens is 1. The molecule has 4 heteroatoms. The van der Waals surface area contributed by atoms with Crippen LogP contribution in [0.4, 0.5) is 0 Å². The molecular weight excluding hydrogens is 206 g/mol. The average Bonchev–Trinajstić information content (AvgIpc) is 2.30. The quantitative estimate of drug-likeness (QED) is 0.461. The van der Waals surface area contributed by atoms with Gasteiger partial charge in [-0.3, -0.25) is 0 Å². The van der Waals surface area contributed by atoms with Crippen LogP contribution in [0, 0.1) is 4.64 Å². The van der Waals surface area contributed by atoms with Crippen LogP contribution in [0.3, 0.4) is 0 Å². The number of aromatic nitrogens is 3. The molecule has 3 rings (SSSR count). The monoisotopic (exact) mass is 213 g/mol. The zero-order valence-electron chi connectivity index (χ0n) is 7.77. The van der Waals surface area contributed by atoms with Gasteiger partial charge in [0.15, 0.2) is 0 Å². The van der Waals surface area contributed by atoms with E-state index >= 15 is 0 Å². The van der Waals surface area contributed by atoms with Gasteiger partial charge in [0.1, 0.15) is 16.6 Å². The summed E-state index contributed by atoms with van der Waals surface area (Å²) >= 11 is 5.27. The topological polar surface area (TPSA) is 41.6 Å². The molecule has 0 bridgehead atoms. The second-order valence-electron chi connectivity index (χ2n) is 3.28. The number of rotatable bonds is 0. The number of hydrogen-bond donors (Lipinski definition) is 1. The Balaban J connectivity index is 2.70. The van der Waals surface area contributed by atoms with E-state index in [9.17, 15) is 0 Å². The highest BCUT2D eigenvalue weighted by atomic mass is 32.1. The summed E-state index contributed by atoms with van der Waals surface area (Å²) in [7, 11) is 0. The van der Waals surface area contributed by atoms with Crippen LogP contribution in [0.25, 0.3) is 21.8 Å². The van der Waals surface area contributed by atoms with Crippen LogP contribution in [-0.4, -0.2) is 15.0 Å². The van der Waals surface area contributed by atoms with Crippen LogP contribution in [0.15, 0.2) is 36.8 Å². The standard InChI is InChI=1S/C11H7N3S/c15-11-8-4-2-1-3-7(8)9-5-12-6-13-10(9)14-11/h1-6H,(H,12,13,14,15). The molecule has 0 radical (unpaired) electrons. The number of pyridine rings is 1. The first-order valence-electron chi connectivity index (χ1n) is 4.57. The summed E-state index contributed by atoms with van der Waals surface area (Å²) in [5, 5.41) is 3.13. The molecule has 0 aliphatic carbocycles. The number of nitrogens with zero attached hydrogens (tertiary/aromatic N) is 2. The largest absolute Gasteiger partial charge is 0.330 e. The van der Waals surface area contributed by atoms with Gasteiger partial charge in [0.25, 0.3) is 0 Å². The van der Waals surface area contributed by atoms with Crippen LogP contribution in [0.5, 0.6) is 0 Å². The molecule has 0 unspecified atom stereocenters. The van der Waals surface area contributed by atoms with Gasteiger partial charge in [-0.1, -0.05) is 36.5 Å². The highest BCUT2D eigenvalue weighted by Crippen LogP contribution is 2.21. The normalized spacial score (nSPS) is 10.9. The van der Waals surface area contributed by atoms with Crippen molar-refractivity contribution in [2.45, 2.75) is 0 Å². The fourth-order valence-electron chi connectivity index (χ4n) is 1.72. The lowest BCUT2D eigenvalue weighted by Gasteiger charge is -2.02. The van der Waals surface area contributed by atoms with Crippen molar-refractivity contribution in [1.82, 2.24) is 15.0 Å². The van der Waals surface area contributed by atoms with Gasteiger partial charge in [-0.05, 0) is 5.39 Å². The molecule has 72 valence electrons. The van der Waals surface area contributed by atoms with Gasteiger partial charge in [0.2, 0.25) is 0 Å². The molecule has 0 saturated heterocycles. The van der Waals surface area contributed by atoms with Gasteiger partial charge in [-0.25, -0.2) is 9.97 Å². The number of fused-ring (bicyclic) bond motifs is 3. The first-order valence-corrected chi connectivity index (χ1v) is 4.98. The fraction of sp³-hybridized carbons (Fsp3) is 0. The smallest absolute Gasteiger partial charge is 0.142 e. The molecule has 0 aliphatic heterocycles. The molecule has 0 fully saturated rings. The van der Waals surface area contributed by atoms with Crippen LogP contribution >= 0.6 is 12.2 Å². The van der Waals surface area contributed by atoms with E-state index in [2.05, 4.69) is 15.0 Å². The third-order valence-electron chi connectivity index (χ3n) is 2.41. The molecule has 3 nitrogen and oxygen atoms in total. The Morgan fingerprint density at radius 1 is 1.07 bits per heavy atom. The van der Waals surface area contributed by atoms with Crippen molar-refractivity contribution < 1.29 is 0 Å². The Bertz CT molecular complexity index is 703. The second kappa shape index (κ2) is 3.10. The minimum atomic E-state index is 0.719. The van der Waals surface area contributed by atoms with E-state index in [1.807, 2.05) is 24.3 Å². The number of benzene rings is 1. The first kappa shape index (κ1) is 8.49. The Morgan fingerprint density at radius 2 is 1.87 bits per heavy atom. The molecule has 0 saturated carbocycles. The van der Waals surface area contributed by atoms with Crippen molar-refractivity contribution >= 4 is 34.0 Å². The minimum Gasteiger partial charge on any atom is -0.330 e. The number of nitrogens with one attached hydrogen (secondary N) is 1. The molecule has 0 spiro atoms. The summed E-state index contributed by atoms with van der Waals surface area (Å²) < 4.78 is 0.719. The molecule has 2 heterocycles. The van der Waals surface area contributed by atoms with Crippen molar-refractivity contribution in [3.05, 3.63) is 41.4 Å². The average molecular weight is 213 g/mol. The minimum absolute atomic E-state index is 0.719. The van der Waals surface area contributed by atoms with E-state index in [0.717, 1.165) is 26.4 Å². The number of hydrogen-bond acceptors (Lipinski definition) is 3. The molecule has 0 atom stereocenters. The summed E-state index contributed by atoms with van der Waals surface area (Å²) in [4.78, 5) is 11.3. The lowest BCUT2D eigenvalue weighted by molar-refractivity contribution is 1.18. The van der Waals surface area contributed by atoms with E-state index in [1.54, 1.807) is 6.20 Å². The zero-order chi connectivity index (χ0) is 10.3. The Hall–Kier alpha value is -1.81. The molecule has 0 aliphatic rings. The van der Waals surface area contributed by atoms with Crippen LogP contribution in [0.1, 0.15) is 0 Å². The molecule has 0 amide bonds. The summed E-state index contributed by atoms with van der Waals surface area (Å²) in [6.45, 7) is 0. The third kappa shape index (κ3) is 1.22. The maximum absolute atomic E-state index is 5.27. The van der Waals surface area contributed by atoms with Gasteiger partial charge in [-0.2, -0.15) is 0 Å². The summed E-state index contributed by atoms with van der Waals surface area (Å²) in [6.07, 6.45) is 3.32. The third-order valence-corrected chi connectivity index (χ3v) is 2.73. The molecular formula is C11H7N3S. The van der Waals surface area contributed by atoms with E-state index in [1.165, 1.54) is 6.33 Å². The zero-order valence-corrected chi connectivity index (χ0v) is 8.58. The van der Waals surface area contributed by atoms with Gasteiger partial charge < -0.3 is 4.98 Å². The Kier molecular flexibility index (Phi) is 1.76. The predicted molar refractivity (Wildman–Crippen MR) is 62.2 cm³/mol. The van der Waals surface area contributed by atoms with Crippen molar-refractivity contribution in [3.8, 4) is 0 Å². The summed E-state index contributed by atoms with van der Waals surface area (Å²) in [6, 6.07) is 8.00.